The van der Waals surface area contributed by atoms with Gasteiger partial charge in [0.2, 0.25) is 5.91 Å². The maximum Gasteiger partial charge on any atom is 0.230 e. The van der Waals surface area contributed by atoms with E-state index in [1.165, 1.54) is 11.8 Å². The Hall–Kier alpha value is -3.79. The van der Waals surface area contributed by atoms with Crippen LogP contribution >= 0.6 is 23.4 Å². The van der Waals surface area contributed by atoms with E-state index in [9.17, 15) is 10.1 Å². The molecular formula is C28H22ClN3O2S. The lowest BCUT2D eigenvalue weighted by Gasteiger charge is -2.13. The molecule has 0 aliphatic rings. The molecule has 0 spiro atoms. The van der Waals surface area contributed by atoms with Gasteiger partial charge >= 0.3 is 0 Å². The summed E-state index contributed by atoms with van der Waals surface area (Å²) in [5.74, 6) is 0.748. The molecule has 0 unspecified atom stereocenters. The predicted molar refractivity (Wildman–Crippen MR) is 140 cm³/mol. The van der Waals surface area contributed by atoms with Gasteiger partial charge in [-0.15, -0.1) is 0 Å². The smallest absolute Gasteiger partial charge is 0.230 e. The van der Waals surface area contributed by atoms with Crippen molar-refractivity contribution in [2.75, 3.05) is 12.9 Å². The molecule has 1 heterocycles. The second-order valence-electron chi connectivity index (χ2n) is 7.63. The summed E-state index contributed by atoms with van der Waals surface area (Å²) in [7, 11) is 1.62. The minimum atomic E-state index is -0.132. The molecule has 174 valence electrons. The molecule has 35 heavy (non-hydrogen) atoms. The molecule has 0 atom stereocenters. The first-order chi connectivity index (χ1) is 17.1. The van der Waals surface area contributed by atoms with E-state index in [-0.39, 0.29) is 11.7 Å². The number of thioether (sulfide) groups is 1. The number of hydrogen-bond acceptors (Lipinski definition) is 5. The van der Waals surface area contributed by atoms with E-state index in [1.54, 1.807) is 19.2 Å². The third-order valence-electron chi connectivity index (χ3n) is 5.31. The van der Waals surface area contributed by atoms with Gasteiger partial charge in [-0.05, 0) is 53.6 Å². The Morgan fingerprint density at radius 2 is 1.71 bits per heavy atom. The highest BCUT2D eigenvalue weighted by atomic mass is 35.5. The third kappa shape index (κ3) is 6.21. The average Bonchev–Trinajstić information content (AvgIpc) is 2.91. The first-order valence-corrected chi connectivity index (χ1v) is 12.2. The van der Waals surface area contributed by atoms with Crippen molar-refractivity contribution in [2.24, 2.45) is 0 Å². The number of pyridine rings is 1. The molecular weight excluding hydrogens is 478 g/mol. The van der Waals surface area contributed by atoms with Gasteiger partial charge < -0.3 is 10.1 Å². The molecule has 1 aromatic heterocycles. The highest BCUT2D eigenvalue weighted by molar-refractivity contribution is 8.00. The fraction of sp³-hybridized carbons (Fsp3) is 0.107. The van der Waals surface area contributed by atoms with Crippen molar-refractivity contribution >= 4 is 29.3 Å². The number of rotatable bonds is 8. The monoisotopic (exact) mass is 499 g/mol. The molecule has 1 N–H and O–H groups in total. The second kappa shape index (κ2) is 11.6. The molecule has 5 nitrogen and oxygen atoms in total. The number of methoxy groups -OCH3 is 1. The van der Waals surface area contributed by atoms with Crippen LogP contribution in [0.1, 0.15) is 11.1 Å². The van der Waals surface area contributed by atoms with Crippen LogP contribution in [-0.2, 0) is 11.3 Å². The molecule has 1 amide bonds. The zero-order chi connectivity index (χ0) is 24.6. The van der Waals surface area contributed by atoms with Crippen molar-refractivity contribution in [3.63, 3.8) is 0 Å². The summed E-state index contributed by atoms with van der Waals surface area (Å²) < 4.78 is 5.26. The van der Waals surface area contributed by atoms with Crippen LogP contribution in [0.25, 0.3) is 22.4 Å². The van der Waals surface area contributed by atoms with Crippen LogP contribution < -0.4 is 10.1 Å². The Kier molecular flexibility index (Phi) is 8.04. The van der Waals surface area contributed by atoms with E-state index in [0.717, 1.165) is 28.0 Å². The van der Waals surface area contributed by atoms with Gasteiger partial charge in [0, 0.05) is 22.7 Å². The molecule has 0 aliphatic heterocycles. The first-order valence-electron chi connectivity index (χ1n) is 10.9. The van der Waals surface area contributed by atoms with Gasteiger partial charge in [-0.25, -0.2) is 4.98 Å². The Balaban J connectivity index is 1.64. The van der Waals surface area contributed by atoms with Crippen molar-refractivity contribution in [2.45, 2.75) is 11.6 Å². The zero-order valence-electron chi connectivity index (χ0n) is 19.0. The fourth-order valence-corrected chi connectivity index (χ4v) is 4.44. The van der Waals surface area contributed by atoms with Gasteiger partial charge in [0.05, 0.1) is 24.1 Å². The number of carbonyl (C=O) groups is 1. The SMILES string of the molecule is COc1ccc(-c2cc(-c3ccc(Cl)cc3)c(C#N)c(SCC(=O)NCc3ccccc3)n2)cc1. The largest absolute Gasteiger partial charge is 0.497 e. The summed E-state index contributed by atoms with van der Waals surface area (Å²) in [5.41, 5.74) is 4.60. The van der Waals surface area contributed by atoms with Crippen molar-refractivity contribution < 1.29 is 9.53 Å². The Morgan fingerprint density at radius 1 is 1.03 bits per heavy atom. The van der Waals surface area contributed by atoms with Crippen molar-refractivity contribution in [3.8, 4) is 34.2 Å². The number of nitrogens with zero attached hydrogens (tertiary/aromatic N) is 2. The second-order valence-corrected chi connectivity index (χ2v) is 9.03. The van der Waals surface area contributed by atoms with Gasteiger partial charge in [-0.1, -0.05) is 65.8 Å². The molecule has 7 heteroatoms. The van der Waals surface area contributed by atoms with Gasteiger partial charge in [-0.3, -0.25) is 4.79 Å². The van der Waals surface area contributed by atoms with Gasteiger partial charge in [-0.2, -0.15) is 5.26 Å². The highest BCUT2D eigenvalue weighted by Gasteiger charge is 2.17. The Labute approximate surface area is 213 Å². The van der Waals surface area contributed by atoms with E-state index in [0.29, 0.717) is 27.9 Å². The van der Waals surface area contributed by atoms with Crippen molar-refractivity contribution in [1.29, 1.82) is 5.26 Å². The lowest BCUT2D eigenvalue weighted by Crippen LogP contribution is -2.24. The van der Waals surface area contributed by atoms with Gasteiger partial charge in [0.15, 0.2) is 0 Å². The maximum absolute atomic E-state index is 12.5. The molecule has 0 aliphatic carbocycles. The van der Waals surface area contributed by atoms with E-state index >= 15 is 0 Å². The van der Waals surface area contributed by atoms with E-state index < -0.39 is 0 Å². The molecule has 4 rings (SSSR count). The standard InChI is InChI=1S/C28H22ClN3O2S/c1-34-23-13-9-21(10-14-23)26-15-24(20-7-11-22(29)12-8-20)25(16-30)28(32-26)35-18-27(33)31-17-19-5-3-2-4-6-19/h2-15H,17-18H2,1H3,(H,31,33). The van der Waals surface area contributed by atoms with Crippen molar-refractivity contribution in [3.05, 3.63) is 101 Å². The summed E-state index contributed by atoms with van der Waals surface area (Å²) in [5, 5.41) is 14.0. The van der Waals surface area contributed by atoms with Crippen LogP contribution in [0.3, 0.4) is 0 Å². The number of aromatic nitrogens is 1. The number of nitrogens with one attached hydrogen (secondary N) is 1. The molecule has 0 saturated heterocycles. The number of ether oxygens (including phenoxy) is 1. The molecule has 0 bridgehead atoms. The number of carbonyl (C=O) groups excluding carboxylic acids is 1. The van der Waals surface area contributed by atoms with Crippen molar-refractivity contribution in [1.82, 2.24) is 10.3 Å². The maximum atomic E-state index is 12.5. The third-order valence-corrected chi connectivity index (χ3v) is 6.54. The van der Waals surface area contributed by atoms with E-state index in [4.69, 9.17) is 21.3 Å². The van der Waals surface area contributed by atoms with Crippen LogP contribution in [0.2, 0.25) is 5.02 Å². The van der Waals surface area contributed by atoms with E-state index in [1.807, 2.05) is 72.8 Å². The fourth-order valence-electron chi connectivity index (χ4n) is 3.48. The summed E-state index contributed by atoms with van der Waals surface area (Å²) in [6.07, 6.45) is 0. The Bertz CT molecular complexity index is 1350. The summed E-state index contributed by atoms with van der Waals surface area (Å²) in [6, 6.07) is 28.8. The predicted octanol–water partition coefficient (Wildman–Crippen LogP) is 6.36. The number of nitriles is 1. The van der Waals surface area contributed by atoms with Crippen LogP contribution in [-0.4, -0.2) is 23.8 Å². The molecule has 0 radical (unpaired) electrons. The number of hydrogen-bond donors (Lipinski definition) is 1. The normalized spacial score (nSPS) is 10.4. The average molecular weight is 500 g/mol. The molecule has 3 aromatic carbocycles. The van der Waals surface area contributed by atoms with Crippen LogP contribution in [0.15, 0.2) is 90.0 Å². The minimum absolute atomic E-state index is 0.132. The van der Waals surface area contributed by atoms with Gasteiger partial charge in [0.1, 0.15) is 16.8 Å². The lowest BCUT2D eigenvalue weighted by molar-refractivity contribution is -0.118. The van der Waals surface area contributed by atoms with Crippen LogP contribution in [0.4, 0.5) is 0 Å². The molecule has 4 aromatic rings. The quantitative estimate of drug-likeness (QED) is 0.285. The van der Waals surface area contributed by atoms with Crippen LogP contribution in [0.5, 0.6) is 5.75 Å². The summed E-state index contributed by atoms with van der Waals surface area (Å²) in [6.45, 7) is 0.445. The van der Waals surface area contributed by atoms with Gasteiger partial charge in [0.25, 0.3) is 0 Å². The summed E-state index contributed by atoms with van der Waals surface area (Å²) >= 11 is 7.33. The number of amides is 1. The molecule has 0 fully saturated rings. The first kappa shape index (κ1) is 24.3. The zero-order valence-corrected chi connectivity index (χ0v) is 20.6. The number of benzene rings is 3. The minimum Gasteiger partial charge on any atom is -0.497 e. The summed E-state index contributed by atoms with van der Waals surface area (Å²) in [4.78, 5) is 17.3. The lowest BCUT2D eigenvalue weighted by atomic mass is 9.99. The Morgan fingerprint density at radius 3 is 2.37 bits per heavy atom. The highest BCUT2D eigenvalue weighted by Crippen LogP contribution is 2.35. The van der Waals surface area contributed by atoms with E-state index in [2.05, 4.69) is 11.4 Å². The molecule has 0 saturated carbocycles. The topological polar surface area (TPSA) is 75.0 Å². The van der Waals surface area contributed by atoms with Crippen LogP contribution in [0, 0.1) is 11.3 Å². The number of halogens is 1.